The van der Waals surface area contributed by atoms with E-state index in [0.717, 1.165) is 32.4 Å². The zero-order valence-electron chi connectivity index (χ0n) is 14.0. The molecular weight excluding hydrogens is 311 g/mol. The molecule has 0 spiro atoms. The molecule has 7 heteroatoms. The second kappa shape index (κ2) is 9.22. The van der Waals surface area contributed by atoms with Gasteiger partial charge in [0.1, 0.15) is 5.82 Å². The van der Waals surface area contributed by atoms with Crippen molar-refractivity contribution in [3.05, 3.63) is 30.1 Å². The van der Waals surface area contributed by atoms with E-state index >= 15 is 0 Å². The lowest BCUT2D eigenvalue weighted by molar-refractivity contribution is -0.122. The standard InChI is InChI=1S/C17H25FN4O2/c1-2-9-19-16(23)12-22-10-7-15(8-11-22)21-17(24)20-14-5-3-13(18)4-6-14/h3-6,15H,2,7-12H2,1H3,(H,19,23)(H2,20,21,24). The number of nitrogens with zero attached hydrogens (tertiary/aromatic N) is 1. The predicted molar refractivity (Wildman–Crippen MR) is 91.3 cm³/mol. The number of amides is 3. The molecule has 1 saturated heterocycles. The van der Waals surface area contributed by atoms with E-state index in [0.29, 0.717) is 18.8 Å². The summed E-state index contributed by atoms with van der Waals surface area (Å²) in [4.78, 5) is 25.7. The molecule has 24 heavy (non-hydrogen) atoms. The molecule has 1 aromatic carbocycles. The maximum Gasteiger partial charge on any atom is 0.319 e. The molecule has 1 heterocycles. The maximum atomic E-state index is 12.8. The van der Waals surface area contributed by atoms with Gasteiger partial charge in [-0.2, -0.15) is 0 Å². The lowest BCUT2D eigenvalue weighted by atomic mass is 10.1. The van der Waals surface area contributed by atoms with Crippen LogP contribution in [0.4, 0.5) is 14.9 Å². The fourth-order valence-electron chi connectivity index (χ4n) is 2.64. The smallest absolute Gasteiger partial charge is 0.319 e. The molecule has 1 fully saturated rings. The highest BCUT2D eigenvalue weighted by Crippen LogP contribution is 2.11. The first-order valence-corrected chi connectivity index (χ1v) is 8.39. The molecular formula is C17H25FN4O2. The van der Waals surface area contributed by atoms with E-state index in [9.17, 15) is 14.0 Å². The number of hydrogen-bond donors (Lipinski definition) is 3. The van der Waals surface area contributed by atoms with Crippen LogP contribution in [0.1, 0.15) is 26.2 Å². The van der Waals surface area contributed by atoms with Crippen LogP contribution in [0.2, 0.25) is 0 Å². The molecule has 0 atom stereocenters. The molecule has 132 valence electrons. The van der Waals surface area contributed by atoms with Crippen LogP contribution in [-0.4, -0.2) is 49.1 Å². The Morgan fingerprint density at radius 3 is 2.50 bits per heavy atom. The van der Waals surface area contributed by atoms with Gasteiger partial charge in [0.05, 0.1) is 6.54 Å². The summed E-state index contributed by atoms with van der Waals surface area (Å²) in [5.41, 5.74) is 0.555. The minimum Gasteiger partial charge on any atom is -0.355 e. The summed E-state index contributed by atoms with van der Waals surface area (Å²) in [5.74, 6) is -0.284. The number of halogens is 1. The molecule has 6 nitrogen and oxygen atoms in total. The fraction of sp³-hybridized carbons (Fsp3) is 0.529. The highest BCUT2D eigenvalue weighted by Gasteiger charge is 2.21. The Kier molecular flexibility index (Phi) is 6.99. The summed E-state index contributed by atoms with van der Waals surface area (Å²) in [7, 11) is 0. The van der Waals surface area contributed by atoms with Gasteiger partial charge < -0.3 is 16.0 Å². The largest absolute Gasteiger partial charge is 0.355 e. The van der Waals surface area contributed by atoms with Gasteiger partial charge in [-0.05, 0) is 43.5 Å². The van der Waals surface area contributed by atoms with Crippen molar-refractivity contribution in [1.29, 1.82) is 0 Å². The van der Waals surface area contributed by atoms with E-state index in [-0.39, 0.29) is 23.8 Å². The summed E-state index contributed by atoms with van der Waals surface area (Å²) >= 11 is 0. The number of carbonyl (C=O) groups excluding carboxylic acids is 2. The second-order valence-corrected chi connectivity index (χ2v) is 6.01. The number of piperidine rings is 1. The van der Waals surface area contributed by atoms with E-state index in [1.54, 1.807) is 0 Å². The first-order chi connectivity index (χ1) is 11.6. The minimum absolute atomic E-state index is 0.0531. The zero-order valence-corrected chi connectivity index (χ0v) is 14.0. The van der Waals surface area contributed by atoms with Crippen LogP contribution in [0.25, 0.3) is 0 Å². The number of likely N-dealkylation sites (tertiary alicyclic amines) is 1. The zero-order chi connectivity index (χ0) is 17.4. The third-order valence-electron chi connectivity index (χ3n) is 3.96. The molecule has 0 radical (unpaired) electrons. The number of hydrogen-bond acceptors (Lipinski definition) is 3. The van der Waals surface area contributed by atoms with Crippen LogP contribution in [0, 0.1) is 5.82 Å². The van der Waals surface area contributed by atoms with Gasteiger partial charge in [0.2, 0.25) is 5.91 Å². The summed E-state index contributed by atoms with van der Waals surface area (Å²) in [6, 6.07) is 5.44. The van der Waals surface area contributed by atoms with Crippen molar-refractivity contribution in [3.8, 4) is 0 Å². The van der Waals surface area contributed by atoms with Crippen molar-refractivity contribution < 1.29 is 14.0 Å². The monoisotopic (exact) mass is 336 g/mol. The highest BCUT2D eigenvalue weighted by molar-refractivity contribution is 5.89. The van der Waals surface area contributed by atoms with Crippen molar-refractivity contribution in [2.75, 3.05) is 31.5 Å². The van der Waals surface area contributed by atoms with Crippen molar-refractivity contribution in [3.63, 3.8) is 0 Å². The Morgan fingerprint density at radius 1 is 1.21 bits per heavy atom. The van der Waals surface area contributed by atoms with Gasteiger partial charge in [-0.15, -0.1) is 0 Å². The Hall–Kier alpha value is -2.15. The molecule has 0 unspecified atom stereocenters. The third-order valence-corrected chi connectivity index (χ3v) is 3.96. The number of nitrogens with one attached hydrogen (secondary N) is 3. The second-order valence-electron chi connectivity index (χ2n) is 6.01. The van der Waals surface area contributed by atoms with Gasteiger partial charge in [0.25, 0.3) is 0 Å². The molecule has 2 rings (SSSR count). The van der Waals surface area contributed by atoms with Crippen molar-refractivity contribution in [1.82, 2.24) is 15.5 Å². The van der Waals surface area contributed by atoms with E-state index < -0.39 is 0 Å². The summed E-state index contributed by atoms with van der Waals surface area (Å²) in [6.07, 6.45) is 2.54. The summed E-state index contributed by atoms with van der Waals surface area (Å²) in [6.45, 7) is 4.70. The Bertz CT molecular complexity index is 542. The quantitative estimate of drug-likeness (QED) is 0.743. The molecule has 0 saturated carbocycles. The fourth-order valence-corrected chi connectivity index (χ4v) is 2.64. The Balaban J connectivity index is 1.67. The van der Waals surface area contributed by atoms with Gasteiger partial charge in [-0.1, -0.05) is 6.92 Å². The van der Waals surface area contributed by atoms with Gasteiger partial charge in [-0.3, -0.25) is 9.69 Å². The first-order valence-electron chi connectivity index (χ1n) is 8.39. The molecule has 0 aliphatic carbocycles. The minimum atomic E-state index is -0.337. The van der Waals surface area contributed by atoms with Crippen LogP contribution in [0.15, 0.2) is 24.3 Å². The van der Waals surface area contributed by atoms with E-state index in [1.807, 2.05) is 6.92 Å². The maximum absolute atomic E-state index is 12.8. The lowest BCUT2D eigenvalue weighted by Gasteiger charge is -2.31. The number of carbonyl (C=O) groups is 2. The first kappa shape index (κ1) is 18.2. The number of rotatable bonds is 6. The van der Waals surface area contributed by atoms with Crippen LogP contribution in [0.3, 0.4) is 0 Å². The summed E-state index contributed by atoms with van der Waals surface area (Å²) in [5, 5.41) is 8.47. The molecule has 0 bridgehead atoms. The van der Waals surface area contributed by atoms with E-state index in [2.05, 4.69) is 20.9 Å². The van der Waals surface area contributed by atoms with Gasteiger partial charge in [-0.25, -0.2) is 9.18 Å². The van der Waals surface area contributed by atoms with E-state index in [1.165, 1.54) is 24.3 Å². The van der Waals surface area contributed by atoms with Crippen LogP contribution in [-0.2, 0) is 4.79 Å². The predicted octanol–water partition coefficient (Wildman–Crippen LogP) is 1.94. The number of anilines is 1. The average Bonchev–Trinajstić information content (AvgIpc) is 2.57. The molecule has 1 aromatic rings. The molecule has 1 aliphatic heterocycles. The lowest BCUT2D eigenvalue weighted by Crippen LogP contribution is -2.48. The molecule has 3 amide bonds. The molecule has 3 N–H and O–H groups in total. The highest BCUT2D eigenvalue weighted by atomic mass is 19.1. The average molecular weight is 336 g/mol. The van der Waals surface area contributed by atoms with Gasteiger partial charge >= 0.3 is 6.03 Å². The Labute approximate surface area is 141 Å². The molecule has 0 aromatic heterocycles. The normalized spacial score (nSPS) is 15.8. The van der Waals surface area contributed by atoms with Crippen LogP contribution >= 0.6 is 0 Å². The number of benzene rings is 1. The van der Waals surface area contributed by atoms with Crippen molar-refractivity contribution >= 4 is 17.6 Å². The van der Waals surface area contributed by atoms with Crippen LogP contribution < -0.4 is 16.0 Å². The molecule has 1 aliphatic rings. The van der Waals surface area contributed by atoms with Crippen molar-refractivity contribution in [2.24, 2.45) is 0 Å². The topological polar surface area (TPSA) is 73.5 Å². The van der Waals surface area contributed by atoms with E-state index in [4.69, 9.17) is 0 Å². The Morgan fingerprint density at radius 2 is 1.88 bits per heavy atom. The SMILES string of the molecule is CCCNC(=O)CN1CCC(NC(=O)Nc2ccc(F)cc2)CC1. The van der Waals surface area contributed by atoms with Crippen molar-refractivity contribution in [2.45, 2.75) is 32.2 Å². The van der Waals surface area contributed by atoms with Gasteiger partial charge in [0, 0.05) is 31.4 Å². The third kappa shape index (κ3) is 6.16. The van der Waals surface area contributed by atoms with Gasteiger partial charge in [0.15, 0.2) is 0 Å². The summed E-state index contributed by atoms with van der Waals surface area (Å²) < 4.78 is 12.8. The number of urea groups is 1. The van der Waals surface area contributed by atoms with Crippen LogP contribution in [0.5, 0.6) is 0 Å².